The summed E-state index contributed by atoms with van der Waals surface area (Å²) in [5.41, 5.74) is 12.0. The maximum atomic E-state index is 5.71. The molecule has 0 spiro atoms. The normalized spacial score (nSPS) is 11.1. The van der Waals surface area contributed by atoms with Gasteiger partial charge in [0.15, 0.2) is 5.82 Å². The van der Waals surface area contributed by atoms with Gasteiger partial charge in [-0.15, -0.1) is 5.10 Å². The predicted molar refractivity (Wildman–Crippen MR) is 59.3 cm³/mol. The molecule has 0 aromatic carbocycles. The van der Waals surface area contributed by atoms with Gasteiger partial charge in [0.05, 0.1) is 0 Å². The van der Waals surface area contributed by atoms with E-state index < -0.39 is 0 Å². The number of hydrogen-bond donors (Lipinski definition) is 2. The Kier molecular flexibility index (Phi) is 1.76. The van der Waals surface area contributed by atoms with Gasteiger partial charge in [0, 0.05) is 11.8 Å². The zero-order valence-corrected chi connectivity index (χ0v) is 8.94. The molecule has 0 unspecified atom stereocenters. The van der Waals surface area contributed by atoms with E-state index in [1.807, 2.05) is 6.92 Å². The molecule has 0 fully saturated rings. The molecular formula is C8H9N9. The minimum atomic E-state index is 0.102. The van der Waals surface area contributed by atoms with E-state index in [0.717, 1.165) is 5.69 Å². The van der Waals surface area contributed by atoms with Gasteiger partial charge >= 0.3 is 0 Å². The average Bonchev–Trinajstić information content (AvgIpc) is 2.83. The molecule has 0 saturated heterocycles. The third-order valence-electron chi connectivity index (χ3n) is 2.23. The third-order valence-corrected chi connectivity index (χ3v) is 2.23. The number of rotatable bonds is 1. The summed E-state index contributed by atoms with van der Waals surface area (Å²) in [5, 5.41) is 8.04. The Balaban J connectivity index is 2.36. The van der Waals surface area contributed by atoms with E-state index in [1.165, 1.54) is 15.5 Å². The second kappa shape index (κ2) is 3.14. The molecule has 0 radical (unpaired) electrons. The molecule has 0 bridgehead atoms. The predicted octanol–water partition coefficient (Wildman–Crippen LogP) is -0.822. The van der Waals surface area contributed by atoms with Crippen LogP contribution in [0.2, 0.25) is 0 Å². The molecule has 0 amide bonds. The van der Waals surface area contributed by atoms with Crippen molar-refractivity contribution in [3.8, 4) is 5.82 Å². The first-order chi connectivity index (χ1) is 8.15. The maximum absolute atomic E-state index is 5.71. The third kappa shape index (κ3) is 1.36. The fourth-order valence-electron chi connectivity index (χ4n) is 1.57. The van der Waals surface area contributed by atoms with Crippen LogP contribution in [0.3, 0.4) is 0 Å². The SMILES string of the molecule is Cc1cc(-n2nc(N)nc2N)n2ncnc2n1. The van der Waals surface area contributed by atoms with Gasteiger partial charge in [-0.05, 0) is 6.92 Å². The number of nitrogens with two attached hydrogens (primary N) is 2. The van der Waals surface area contributed by atoms with Crippen LogP contribution < -0.4 is 11.5 Å². The highest BCUT2D eigenvalue weighted by Gasteiger charge is 2.12. The number of anilines is 2. The van der Waals surface area contributed by atoms with Crippen LogP contribution in [0.5, 0.6) is 0 Å². The van der Waals surface area contributed by atoms with Gasteiger partial charge in [0.25, 0.3) is 5.78 Å². The van der Waals surface area contributed by atoms with Crippen LogP contribution in [0.4, 0.5) is 11.9 Å². The van der Waals surface area contributed by atoms with E-state index in [9.17, 15) is 0 Å². The topological polar surface area (TPSA) is 126 Å². The summed E-state index contributed by atoms with van der Waals surface area (Å²) in [6.07, 6.45) is 1.40. The van der Waals surface area contributed by atoms with E-state index >= 15 is 0 Å². The van der Waals surface area contributed by atoms with Crippen LogP contribution >= 0.6 is 0 Å². The fourth-order valence-corrected chi connectivity index (χ4v) is 1.57. The van der Waals surface area contributed by atoms with Crippen molar-refractivity contribution in [1.82, 2.24) is 34.3 Å². The number of aromatic nitrogens is 7. The van der Waals surface area contributed by atoms with Gasteiger partial charge in [-0.1, -0.05) is 0 Å². The van der Waals surface area contributed by atoms with Crippen molar-refractivity contribution in [2.24, 2.45) is 0 Å². The number of aryl methyl sites for hydroxylation is 1. The Labute approximate surface area is 95.1 Å². The zero-order valence-electron chi connectivity index (χ0n) is 8.94. The molecule has 0 aliphatic rings. The van der Waals surface area contributed by atoms with Gasteiger partial charge in [0.2, 0.25) is 11.9 Å². The second-order valence-corrected chi connectivity index (χ2v) is 3.47. The van der Waals surface area contributed by atoms with E-state index in [4.69, 9.17) is 11.5 Å². The van der Waals surface area contributed by atoms with Gasteiger partial charge in [-0.3, -0.25) is 0 Å². The lowest BCUT2D eigenvalue weighted by Gasteiger charge is -2.05. The molecule has 4 N–H and O–H groups in total. The maximum Gasteiger partial charge on any atom is 0.254 e. The first-order valence-electron chi connectivity index (χ1n) is 4.81. The molecule has 0 aliphatic carbocycles. The minimum absolute atomic E-state index is 0.102. The van der Waals surface area contributed by atoms with Crippen LogP contribution in [-0.2, 0) is 0 Å². The molecule has 3 aromatic heterocycles. The summed E-state index contributed by atoms with van der Waals surface area (Å²) >= 11 is 0. The monoisotopic (exact) mass is 231 g/mol. The van der Waals surface area contributed by atoms with Crippen molar-refractivity contribution in [2.45, 2.75) is 6.92 Å². The van der Waals surface area contributed by atoms with Gasteiger partial charge < -0.3 is 11.5 Å². The highest BCUT2D eigenvalue weighted by molar-refractivity contribution is 5.42. The molecule has 0 saturated carbocycles. The van der Waals surface area contributed by atoms with Gasteiger partial charge in [0.1, 0.15) is 6.33 Å². The van der Waals surface area contributed by atoms with Crippen LogP contribution in [0.1, 0.15) is 5.69 Å². The van der Waals surface area contributed by atoms with Crippen molar-refractivity contribution >= 4 is 17.7 Å². The first-order valence-corrected chi connectivity index (χ1v) is 4.81. The molecular weight excluding hydrogens is 222 g/mol. The van der Waals surface area contributed by atoms with Crippen LogP contribution in [-0.4, -0.2) is 34.3 Å². The Hall–Kier alpha value is -2.71. The Morgan fingerprint density at radius 2 is 2.06 bits per heavy atom. The number of nitrogens with zero attached hydrogens (tertiary/aromatic N) is 7. The molecule has 0 aliphatic heterocycles. The average molecular weight is 231 g/mol. The largest absolute Gasteiger partial charge is 0.368 e. The Bertz CT molecular complexity index is 694. The summed E-state index contributed by atoms with van der Waals surface area (Å²) < 4.78 is 2.91. The lowest BCUT2D eigenvalue weighted by molar-refractivity contribution is 0.786. The highest BCUT2D eigenvalue weighted by Crippen LogP contribution is 2.13. The molecule has 3 aromatic rings. The number of hydrogen-bond acceptors (Lipinski definition) is 7. The smallest absolute Gasteiger partial charge is 0.254 e. The van der Waals surface area contributed by atoms with Crippen molar-refractivity contribution in [3.05, 3.63) is 18.1 Å². The number of nitrogen functional groups attached to an aromatic ring is 2. The zero-order chi connectivity index (χ0) is 12.0. The lowest BCUT2D eigenvalue weighted by atomic mass is 10.4. The molecule has 3 heterocycles. The lowest BCUT2D eigenvalue weighted by Crippen LogP contribution is -2.10. The standard InChI is InChI=1S/C8H9N9/c1-4-2-5(16-7(10)14-6(9)15-16)17-8(13-4)11-3-12-17/h2-3H,1H3,(H4,9,10,14,15). The Morgan fingerprint density at radius 3 is 2.76 bits per heavy atom. The van der Waals surface area contributed by atoms with Crippen molar-refractivity contribution in [1.29, 1.82) is 0 Å². The van der Waals surface area contributed by atoms with Crippen LogP contribution in [0.15, 0.2) is 12.4 Å². The summed E-state index contributed by atoms with van der Waals surface area (Å²) in [7, 11) is 0. The minimum Gasteiger partial charge on any atom is -0.368 e. The highest BCUT2D eigenvalue weighted by atomic mass is 15.5. The molecule has 9 heteroatoms. The van der Waals surface area contributed by atoms with Crippen LogP contribution in [0.25, 0.3) is 11.6 Å². The second-order valence-electron chi connectivity index (χ2n) is 3.47. The fraction of sp³-hybridized carbons (Fsp3) is 0.125. The molecule has 9 nitrogen and oxygen atoms in total. The molecule has 86 valence electrons. The summed E-state index contributed by atoms with van der Waals surface area (Å²) in [5.74, 6) is 1.34. The van der Waals surface area contributed by atoms with E-state index in [2.05, 4.69) is 25.1 Å². The van der Waals surface area contributed by atoms with E-state index in [-0.39, 0.29) is 11.9 Å². The first kappa shape index (κ1) is 9.51. The summed E-state index contributed by atoms with van der Waals surface area (Å²) in [4.78, 5) is 12.1. The van der Waals surface area contributed by atoms with Crippen LogP contribution in [0, 0.1) is 6.92 Å². The van der Waals surface area contributed by atoms with Gasteiger partial charge in [-0.2, -0.15) is 24.3 Å². The summed E-state index contributed by atoms with van der Waals surface area (Å²) in [6.45, 7) is 1.84. The Morgan fingerprint density at radius 1 is 1.24 bits per heavy atom. The quantitative estimate of drug-likeness (QED) is 0.560. The number of fused-ring (bicyclic) bond motifs is 1. The molecule has 17 heavy (non-hydrogen) atoms. The molecule has 0 atom stereocenters. The van der Waals surface area contributed by atoms with Gasteiger partial charge in [-0.25, -0.2) is 4.98 Å². The van der Waals surface area contributed by atoms with Crippen molar-refractivity contribution in [2.75, 3.05) is 11.5 Å². The van der Waals surface area contributed by atoms with E-state index in [1.54, 1.807) is 6.07 Å². The van der Waals surface area contributed by atoms with Crippen molar-refractivity contribution in [3.63, 3.8) is 0 Å². The summed E-state index contributed by atoms with van der Waals surface area (Å²) in [6, 6.07) is 1.77. The van der Waals surface area contributed by atoms with E-state index in [0.29, 0.717) is 11.6 Å². The van der Waals surface area contributed by atoms with Crippen molar-refractivity contribution < 1.29 is 0 Å². The molecule has 3 rings (SSSR count).